The van der Waals surface area contributed by atoms with Crippen molar-refractivity contribution in [2.24, 2.45) is 0 Å². The number of anilines is 1. The molecule has 0 saturated heterocycles. The minimum atomic E-state index is -4.59. The number of nitrogens with zero attached hydrogens (tertiary/aromatic N) is 2. The first kappa shape index (κ1) is 18.7. The lowest BCUT2D eigenvalue weighted by atomic mass is 10.2. The van der Waals surface area contributed by atoms with Crippen LogP contribution in [0, 0.1) is 13.8 Å². The van der Waals surface area contributed by atoms with Crippen LogP contribution in [0.3, 0.4) is 0 Å². The number of rotatable bonds is 2. The molecule has 2 aromatic heterocycles. The number of hydrogen-bond donors (Lipinski definition) is 1. The molecule has 0 fully saturated rings. The van der Waals surface area contributed by atoms with Crippen molar-refractivity contribution in [1.29, 1.82) is 0 Å². The molecule has 0 bridgehead atoms. The van der Waals surface area contributed by atoms with Crippen molar-refractivity contribution in [2.45, 2.75) is 20.0 Å². The fourth-order valence-electron chi connectivity index (χ4n) is 2.51. The third-order valence-corrected chi connectivity index (χ3v) is 4.95. The van der Waals surface area contributed by atoms with Crippen molar-refractivity contribution in [1.82, 2.24) is 9.38 Å². The highest BCUT2D eigenvalue weighted by molar-refractivity contribution is 9.10. The maximum Gasteiger partial charge on any atom is 0.417 e. The van der Waals surface area contributed by atoms with Gasteiger partial charge in [-0.05, 0) is 37.6 Å². The van der Waals surface area contributed by atoms with E-state index in [4.69, 9.17) is 11.6 Å². The molecule has 0 aliphatic rings. The van der Waals surface area contributed by atoms with E-state index in [1.807, 2.05) is 6.92 Å². The van der Waals surface area contributed by atoms with E-state index >= 15 is 0 Å². The van der Waals surface area contributed by atoms with Crippen LogP contribution in [0.1, 0.15) is 27.3 Å². The summed E-state index contributed by atoms with van der Waals surface area (Å²) in [6.07, 6.45) is -3.77. The highest BCUT2D eigenvalue weighted by Gasteiger charge is 2.33. The number of carbonyl (C=O) groups excluding carboxylic acids is 1. The Hall–Kier alpha value is -2.06. The van der Waals surface area contributed by atoms with Gasteiger partial charge in [0.2, 0.25) is 0 Å². The first-order valence-corrected chi connectivity index (χ1v) is 8.58. The monoisotopic (exact) mass is 445 g/mol. The van der Waals surface area contributed by atoms with Crippen LogP contribution < -0.4 is 5.32 Å². The Morgan fingerprint density at radius 3 is 2.58 bits per heavy atom. The summed E-state index contributed by atoms with van der Waals surface area (Å²) in [5, 5.41) is 2.49. The van der Waals surface area contributed by atoms with Gasteiger partial charge in [-0.3, -0.25) is 9.20 Å². The van der Waals surface area contributed by atoms with Gasteiger partial charge in [0.25, 0.3) is 5.91 Å². The molecule has 4 nitrogen and oxygen atoms in total. The number of pyridine rings is 1. The molecular weight excluding hydrogens is 435 g/mol. The second-order valence-corrected chi connectivity index (χ2v) is 6.99. The normalized spacial score (nSPS) is 11.8. The van der Waals surface area contributed by atoms with Crippen molar-refractivity contribution >= 4 is 44.8 Å². The number of carbonyl (C=O) groups is 1. The van der Waals surface area contributed by atoms with Gasteiger partial charge >= 0.3 is 6.18 Å². The fourth-order valence-corrected chi connectivity index (χ4v) is 3.14. The average molecular weight is 447 g/mol. The zero-order valence-electron chi connectivity index (χ0n) is 13.6. The summed E-state index contributed by atoms with van der Waals surface area (Å²) in [4.78, 5) is 16.8. The fraction of sp³-hybridized carbons (Fsp3) is 0.176. The van der Waals surface area contributed by atoms with Crippen LogP contribution in [-0.2, 0) is 6.18 Å². The Balaban J connectivity index is 2.08. The molecule has 3 rings (SSSR count). The topological polar surface area (TPSA) is 46.4 Å². The van der Waals surface area contributed by atoms with Gasteiger partial charge in [0.05, 0.1) is 16.3 Å². The molecule has 136 valence electrons. The number of nitrogens with one attached hydrogen (secondary N) is 1. The number of hydrogen-bond acceptors (Lipinski definition) is 2. The van der Waals surface area contributed by atoms with Gasteiger partial charge in [-0.2, -0.15) is 13.2 Å². The Labute approximate surface area is 160 Å². The number of halogens is 5. The van der Waals surface area contributed by atoms with Gasteiger partial charge < -0.3 is 5.32 Å². The van der Waals surface area contributed by atoms with Gasteiger partial charge in [0.1, 0.15) is 5.69 Å². The first-order chi connectivity index (χ1) is 12.1. The zero-order valence-corrected chi connectivity index (χ0v) is 15.9. The lowest BCUT2D eigenvalue weighted by Gasteiger charge is -2.11. The maximum absolute atomic E-state index is 13.1. The van der Waals surface area contributed by atoms with E-state index in [-0.39, 0.29) is 22.1 Å². The van der Waals surface area contributed by atoms with Crippen molar-refractivity contribution in [3.8, 4) is 0 Å². The van der Waals surface area contributed by atoms with E-state index in [1.165, 1.54) is 6.92 Å². The number of benzene rings is 1. The smallest absolute Gasteiger partial charge is 0.321 e. The summed E-state index contributed by atoms with van der Waals surface area (Å²) in [7, 11) is 0. The minimum Gasteiger partial charge on any atom is -0.321 e. The Morgan fingerprint density at radius 1 is 1.27 bits per heavy atom. The number of fused-ring (bicyclic) bond motifs is 1. The Bertz CT molecular complexity index is 1030. The molecule has 9 heteroatoms. The molecule has 26 heavy (non-hydrogen) atoms. The number of aromatic nitrogens is 2. The third kappa shape index (κ3) is 3.43. The molecule has 0 saturated carbocycles. The highest BCUT2D eigenvalue weighted by atomic mass is 79.9. The van der Waals surface area contributed by atoms with Crippen LogP contribution >= 0.6 is 27.5 Å². The molecule has 1 amide bonds. The van der Waals surface area contributed by atoms with E-state index in [0.717, 1.165) is 26.7 Å². The van der Waals surface area contributed by atoms with Crippen LogP contribution in [0.25, 0.3) is 5.65 Å². The molecule has 0 radical (unpaired) electrons. The summed E-state index contributed by atoms with van der Waals surface area (Å²) in [6.45, 7) is 3.43. The van der Waals surface area contributed by atoms with E-state index in [2.05, 4.69) is 26.2 Å². The summed E-state index contributed by atoms with van der Waals surface area (Å²) in [5.74, 6) is -0.582. The summed E-state index contributed by atoms with van der Waals surface area (Å²) < 4.78 is 41.1. The zero-order chi connectivity index (χ0) is 19.2. The lowest BCUT2D eigenvalue weighted by molar-refractivity contribution is -0.137. The van der Waals surface area contributed by atoms with Crippen LogP contribution in [0.5, 0.6) is 0 Å². The molecule has 1 N–H and O–H groups in total. The quantitative estimate of drug-likeness (QED) is 0.554. The van der Waals surface area contributed by atoms with Crippen molar-refractivity contribution in [2.75, 3.05) is 5.32 Å². The van der Waals surface area contributed by atoms with E-state index < -0.39 is 17.6 Å². The van der Waals surface area contributed by atoms with Crippen LogP contribution in [-0.4, -0.2) is 15.3 Å². The van der Waals surface area contributed by atoms with Gasteiger partial charge in [-0.25, -0.2) is 4.98 Å². The minimum absolute atomic E-state index is 0.00954. The summed E-state index contributed by atoms with van der Waals surface area (Å²) in [5.41, 5.74) is 0.877. The number of amides is 1. The Morgan fingerprint density at radius 2 is 1.96 bits per heavy atom. The van der Waals surface area contributed by atoms with Crippen molar-refractivity contribution in [3.63, 3.8) is 0 Å². The predicted octanol–water partition coefficient (Wildman–Crippen LogP) is 5.64. The lowest BCUT2D eigenvalue weighted by Crippen LogP contribution is -2.16. The number of aryl methyl sites for hydroxylation is 2. The van der Waals surface area contributed by atoms with E-state index in [0.29, 0.717) is 5.69 Å². The number of alkyl halides is 3. The van der Waals surface area contributed by atoms with Crippen molar-refractivity contribution < 1.29 is 18.0 Å². The highest BCUT2D eigenvalue weighted by Crippen LogP contribution is 2.33. The summed E-state index contributed by atoms with van der Waals surface area (Å²) >= 11 is 9.30. The van der Waals surface area contributed by atoms with Gasteiger partial charge in [0, 0.05) is 16.4 Å². The third-order valence-electron chi connectivity index (χ3n) is 3.82. The average Bonchev–Trinajstić information content (AvgIpc) is 2.87. The molecular formula is C17H12BrClF3N3O. The molecule has 0 aliphatic heterocycles. The molecule has 2 heterocycles. The number of imidazole rings is 1. The molecule has 0 atom stereocenters. The second-order valence-electron chi connectivity index (χ2n) is 5.73. The Kier molecular flexibility index (Phi) is 4.74. The maximum atomic E-state index is 13.1. The van der Waals surface area contributed by atoms with Gasteiger partial charge in [-0.15, -0.1) is 0 Å². The van der Waals surface area contributed by atoms with Crippen LogP contribution in [0.2, 0.25) is 5.02 Å². The summed E-state index contributed by atoms with van der Waals surface area (Å²) in [6, 6.07) is 6.01. The van der Waals surface area contributed by atoms with E-state index in [1.54, 1.807) is 18.2 Å². The van der Waals surface area contributed by atoms with Crippen LogP contribution in [0.15, 0.2) is 34.9 Å². The largest absolute Gasteiger partial charge is 0.417 e. The van der Waals surface area contributed by atoms with Gasteiger partial charge in [-0.1, -0.05) is 33.6 Å². The van der Waals surface area contributed by atoms with Crippen LogP contribution in [0.4, 0.5) is 18.9 Å². The molecule has 0 spiro atoms. The SMILES string of the molecule is Cc1ccc(NC(=O)c2c(C)nc3c(Cl)cc(C(F)(F)F)cn23)cc1Br. The molecule has 1 aromatic carbocycles. The predicted molar refractivity (Wildman–Crippen MR) is 96.8 cm³/mol. The second kappa shape index (κ2) is 6.59. The van der Waals surface area contributed by atoms with Gasteiger partial charge in [0.15, 0.2) is 5.65 Å². The standard InChI is InChI=1S/C17H12BrClF3N3O/c1-8-3-4-11(6-12(8)18)24-16(26)14-9(2)23-15-13(19)5-10(7-25(14)15)17(20,21)22/h3-7H,1-2H3,(H,24,26). The molecule has 0 aliphatic carbocycles. The first-order valence-electron chi connectivity index (χ1n) is 7.41. The molecule has 0 unspecified atom stereocenters. The van der Waals surface area contributed by atoms with Crippen molar-refractivity contribution in [3.05, 3.63) is 62.5 Å². The van der Waals surface area contributed by atoms with E-state index in [9.17, 15) is 18.0 Å². The molecule has 3 aromatic rings.